The third-order valence-corrected chi connectivity index (χ3v) is 5.28. The number of hydrogen-bond donors (Lipinski definition) is 1. The summed E-state index contributed by atoms with van der Waals surface area (Å²) in [6.07, 6.45) is 0.712. The molecule has 0 aliphatic carbocycles. The summed E-state index contributed by atoms with van der Waals surface area (Å²) in [5, 5.41) is 6.07. The van der Waals surface area contributed by atoms with Crippen LogP contribution in [0, 0.1) is 0 Å². The van der Waals surface area contributed by atoms with Crippen molar-refractivity contribution in [2.24, 2.45) is 0 Å². The Kier molecular flexibility index (Phi) is 7.25. The number of methoxy groups -OCH3 is 5. The van der Waals surface area contributed by atoms with Crippen LogP contribution in [0.3, 0.4) is 0 Å². The lowest BCUT2D eigenvalue weighted by molar-refractivity contribution is -0.140. The standard InChI is InChI=1S/C24H27NO7/c1-28-19-10-14-9-18(24(27)25-8-6-7-23(26)32-5)17-13-22(31-4)21(30-3)12-16(17)15(14)11-20(19)29-2/h9-13H,6-8H2,1-5H3,(H,25,27). The van der Waals surface area contributed by atoms with Gasteiger partial charge in [-0.05, 0) is 58.3 Å². The molecule has 0 spiro atoms. The summed E-state index contributed by atoms with van der Waals surface area (Å²) in [5.41, 5.74) is 0.471. The van der Waals surface area contributed by atoms with Gasteiger partial charge in [-0.25, -0.2) is 0 Å². The van der Waals surface area contributed by atoms with Crippen molar-refractivity contribution < 1.29 is 33.3 Å². The van der Waals surface area contributed by atoms with Gasteiger partial charge in [0.05, 0.1) is 35.5 Å². The summed E-state index contributed by atoms with van der Waals surface area (Å²) in [6.45, 7) is 0.340. The molecule has 0 radical (unpaired) electrons. The minimum atomic E-state index is -0.312. The van der Waals surface area contributed by atoms with Crippen LogP contribution in [-0.2, 0) is 9.53 Å². The number of benzene rings is 3. The van der Waals surface area contributed by atoms with E-state index in [4.69, 9.17) is 18.9 Å². The van der Waals surface area contributed by atoms with Gasteiger partial charge >= 0.3 is 5.97 Å². The second kappa shape index (κ2) is 10.1. The Morgan fingerprint density at radius 1 is 0.719 bits per heavy atom. The normalized spacial score (nSPS) is 10.7. The highest BCUT2D eigenvalue weighted by atomic mass is 16.5. The molecule has 3 rings (SSSR count). The highest BCUT2D eigenvalue weighted by Crippen LogP contribution is 2.41. The molecular weight excluding hydrogens is 414 g/mol. The molecule has 1 amide bonds. The SMILES string of the molecule is COC(=O)CCCNC(=O)c1cc2cc(OC)c(OC)cc2c2cc(OC)c(OC)cc12. The summed E-state index contributed by atoms with van der Waals surface area (Å²) in [6, 6.07) is 9.14. The van der Waals surface area contributed by atoms with E-state index in [-0.39, 0.29) is 18.3 Å². The molecule has 0 saturated heterocycles. The van der Waals surface area contributed by atoms with E-state index in [0.717, 1.165) is 16.2 Å². The van der Waals surface area contributed by atoms with E-state index in [1.54, 1.807) is 40.6 Å². The topological polar surface area (TPSA) is 92.3 Å². The van der Waals surface area contributed by atoms with Crippen LogP contribution in [0.5, 0.6) is 23.0 Å². The molecule has 0 saturated carbocycles. The lowest BCUT2D eigenvalue weighted by Gasteiger charge is -2.16. The molecule has 0 atom stereocenters. The smallest absolute Gasteiger partial charge is 0.305 e. The first kappa shape index (κ1) is 23.0. The van der Waals surface area contributed by atoms with E-state index >= 15 is 0 Å². The summed E-state index contributed by atoms with van der Waals surface area (Å²) in [5.74, 6) is 1.63. The average Bonchev–Trinajstić information content (AvgIpc) is 2.83. The minimum absolute atomic E-state index is 0.233. The number of carbonyl (C=O) groups is 2. The maximum absolute atomic E-state index is 13.1. The van der Waals surface area contributed by atoms with Crippen LogP contribution >= 0.6 is 0 Å². The van der Waals surface area contributed by atoms with Gasteiger partial charge in [0.1, 0.15) is 0 Å². The number of esters is 1. The van der Waals surface area contributed by atoms with Gasteiger partial charge in [-0.1, -0.05) is 0 Å². The molecule has 8 heteroatoms. The number of amides is 1. The molecule has 3 aromatic rings. The Bertz CT molecular complexity index is 1160. The minimum Gasteiger partial charge on any atom is -0.493 e. The van der Waals surface area contributed by atoms with Crippen LogP contribution in [0.4, 0.5) is 0 Å². The lowest BCUT2D eigenvalue weighted by atomic mass is 9.95. The third kappa shape index (κ3) is 4.49. The van der Waals surface area contributed by atoms with Gasteiger partial charge in [0.15, 0.2) is 23.0 Å². The van der Waals surface area contributed by atoms with Gasteiger partial charge in [-0.15, -0.1) is 0 Å². The summed E-state index contributed by atoms with van der Waals surface area (Å²) in [4.78, 5) is 24.4. The molecule has 0 aliphatic heterocycles. The fraction of sp³-hybridized carbons (Fsp3) is 0.333. The molecule has 0 bridgehead atoms. The second-order valence-electron chi connectivity index (χ2n) is 7.04. The van der Waals surface area contributed by atoms with E-state index in [0.29, 0.717) is 46.9 Å². The molecule has 170 valence electrons. The first-order chi connectivity index (χ1) is 15.5. The van der Waals surface area contributed by atoms with Crippen molar-refractivity contribution in [3.8, 4) is 23.0 Å². The monoisotopic (exact) mass is 441 g/mol. The predicted octanol–water partition coefficient (Wildman–Crippen LogP) is 3.71. The highest BCUT2D eigenvalue weighted by molar-refractivity contribution is 6.18. The molecule has 0 aliphatic rings. The van der Waals surface area contributed by atoms with Gasteiger partial charge in [0.2, 0.25) is 0 Å². The Balaban J connectivity index is 2.14. The molecule has 3 aromatic carbocycles. The quantitative estimate of drug-likeness (QED) is 0.307. The largest absolute Gasteiger partial charge is 0.493 e. The van der Waals surface area contributed by atoms with Gasteiger partial charge < -0.3 is 29.0 Å². The number of carbonyl (C=O) groups excluding carboxylic acids is 2. The molecule has 0 fully saturated rings. The molecule has 0 unspecified atom stereocenters. The van der Waals surface area contributed by atoms with Gasteiger partial charge in [-0.2, -0.15) is 0 Å². The maximum Gasteiger partial charge on any atom is 0.305 e. The van der Waals surface area contributed by atoms with Crippen molar-refractivity contribution >= 4 is 33.4 Å². The predicted molar refractivity (Wildman–Crippen MR) is 121 cm³/mol. The van der Waals surface area contributed by atoms with Gasteiger partial charge in [-0.3, -0.25) is 9.59 Å². The number of nitrogens with one attached hydrogen (secondary N) is 1. The fourth-order valence-electron chi connectivity index (χ4n) is 3.63. The lowest BCUT2D eigenvalue weighted by Crippen LogP contribution is -2.25. The zero-order valence-corrected chi connectivity index (χ0v) is 18.9. The van der Waals surface area contributed by atoms with Crippen LogP contribution < -0.4 is 24.3 Å². The molecule has 0 heterocycles. The average molecular weight is 441 g/mol. The van der Waals surface area contributed by atoms with E-state index in [1.165, 1.54) is 7.11 Å². The van der Waals surface area contributed by atoms with Crippen molar-refractivity contribution in [1.29, 1.82) is 0 Å². The number of ether oxygens (including phenoxy) is 5. The molecule has 32 heavy (non-hydrogen) atoms. The summed E-state index contributed by atoms with van der Waals surface area (Å²) in [7, 11) is 7.59. The molecule has 1 N–H and O–H groups in total. The van der Waals surface area contributed by atoms with Crippen LogP contribution in [0.2, 0.25) is 0 Å². The first-order valence-corrected chi connectivity index (χ1v) is 10.1. The molecule has 8 nitrogen and oxygen atoms in total. The highest BCUT2D eigenvalue weighted by Gasteiger charge is 2.18. The zero-order chi connectivity index (χ0) is 23.3. The van der Waals surface area contributed by atoms with Crippen LogP contribution in [0.1, 0.15) is 23.2 Å². The van der Waals surface area contributed by atoms with Crippen LogP contribution in [0.25, 0.3) is 21.5 Å². The van der Waals surface area contributed by atoms with Gasteiger partial charge in [0, 0.05) is 18.5 Å². The zero-order valence-electron chi connectivity index (χ0n) is 18.9. The fourth-order valence-corrected chi connectivity index (χ4v) is 3.63. The molecule has 0 aromatic heterocycles. The Morgan fingerprint density at radius 2 is 1.25 bits per heavy atom. The van der Waals surface area contributed by atoms with Crippen molar-refractivity contribution in [2.75, 3.05) is 42.1 Å². The number of hydrogen-bond acceptors (Lipinski definition) is 7. The number of rotatable bonds is 9. The Labute approximate surface area is 186 Å². The third-order valence-electron chi connectivity index (χ3n) is 5.28. The van der Waals surface area contributed by atoms with Crippen molar-refractivity contribution in [1.82, 2.24) is 5.32 Å². The van der Waals surface area contributed by atoms with E-state index in [1.807, 2.05) is 18.2 Å². The Morgan fingerprint density at radius 3 is 1.81 bits per heavy atom. The Hall–Kier alpha value is -3.68. The van der Waals surface area contributed by atoms with Crippen LogP contribution in [0.15, 0.2) is 30.3 Å². The second-order valence-corrected chi connectivity index (χ2v) is 7.04. The maximum atomic E-state index is 13.1. The van der Waals surface area contributed by atoms with E-state index < -0.39 is 0 Å². The molecular formula is C24H27NO7. The van der Waals surface area contributed by atoms with E-state index in [9.17, 15) is 9.59 Å². The van der Waals surface area contributed by atoms with Crippen LogP contribution in [-0.4, -0.2) is 54.0 Å². The van der Waals surface area contributed by atoms with E-state index in [2.05, 4.69) is 10.1 Å². The van der Waals surface area contributed by atoms with Crippen molar-refractivity contribution in [3.63, 3.8) is 0 Å². The van der Waals surface area contributed by atoms with Crippen molar-refractivity contribution in [3.05, 3.63) is 35.9 Å². The number of fused-ring (bicyclic) bond motifs is 3. The summed E-state index contributed by atoms with van der Waals surface area (Å²) >= 11 is 0. The first-order valence-electron chi connectivity index (χ1n) is 10.1. The summed E-state index contributed by atoms with van der Waals surface area (Å²) < 4.78 is 26.5. The van der Waals surface area contributed by atoms with Crippen molar-refractivity contribution in [2.45, 2.75) is 12.8 Å². The van der Waals surface area contributed by atoms with Gasteiger partial charge in [0.25, 0.3) is 5.91 Å².